The van der Waals surface area contributed by atoms with E-state index in [2.05, 4.69) is 15.3 Å². The second-order valence-electron chi connectivity index (χ2n) is 3.45. The minimum atomic E-state index is -0.749. The molecule has 8 heteroatoms. The van der Waals surface area contributed by atoms with Crippen molar-refractivity contribution in [3.63, 3.8) is 0 Å². The van der Waals surface area contributed by atoms with Crippen molar-refractivity contribution in [3.05, 3.63) is 34.1 Å². The first-order chi connectivity index (χ1) is 8.95. The molecular weight excluding hydrogens is 257 g/mol. The predicted molar refractivity (Wildman–Crippen MR) is 66.4 cm³/mol. The number of nitro groups is 1. The van der Waals surface area contributed by atoms with E-state index >= 15 is 0 Å². The maximum atomic E-state index is 12.9. The topological polar surface area (TPSA) is 93.8 Å². The largest absolute Gasteiger partial charge is 0.461 e. The number of hydrogen-bond acceptors (Lipinski definition) is 6. The summed E-state index contributed by atoms with van der Waals surface area (Å²) < 4.78 is 17.6. The molecule has 0 aliphatic heterocycles. The number of hydrazone groups is 1. The van der Waals surface area contributed by atoms with Gasteiger partial charge in [-0.2, -0.15) is 5.10 Å². The van der Waals surface area contributed by atoms with Crippen LogP contribution in [-0.4, -0.2) is 23.2 Å². The van der Waals surface area contributed by atoms with Crippen LogP contribution in [0.15, 0.2) is 23.3 Å². The average molecular weight is 269 g/mol. The first kappa shape index (κ1) is 14.6. The van der Waals surface area contributed by atoms with Crippen LogP contribution in [-0.2, 0) is 9.53 Å². The number of ether oxygens (including phenoxy) is 1. The summed E-state index contributed by atoms with van der Waals surface area (Å²) in [5.41, 5.74) is 1.85. The molecule has 102 valence electrons. The van der Waals surface area contributed by atoms with Gasteiger partial charge >= 0.3 is 5.97 Å². The van der Waals surface area contributed by atoms with Crippen LogP contribution in [0.1, 0.15) is 13.8 Å². The number of anilines is 1. The molecule has 19 heavy (non-hydrogen) atoms. The van der Waals surface area contributed by atoms with Gasteiger partial charge in [0.2, 0.25) is 0 Å². The van der Waals surface area contributed by atoms with Crippen molar-refractivity contribution in [2.45, 2.75) is 13.8 Å². The smallest absolute Gasteiger partial charge is 0.354 e. The van der Waals surface area contributed by atoms with Gasteiger partial charge in [0.1, 0.15) is 17.2 Å². The van der Waals surface area contributed by atoms with Gasteiger partial charge in [0.15, 0.2) is 0 Å². The predicted octanol–water partition coefficient (Wildman–Crippen LogP) is 2.08. The van der Waals surface area contributed by atoms with Gasteiger partial charge in [-0.3, -0.25) is 15.5 Å². The summed E-state index contributed by atoms with van der Waals surface area (Å²) >= 11 is 0. The molecule has 0 fully saturated rings. The van der Waals surface area contributed by atoms with Gasteiger partial charge in [-0.15, -0.1) is 0 Å². The standard InChI is InChI=1S/C11H12FN3O4/c1-3-19-11(16)7(2)13-14-9-5-4-8(12)6-10(9)15(17)18/h4-6,14H,3H2,1-2H3. The maximum Gasteiger partial charge on any atom is 0.354 e. The van der Waals surface area contributed by atoms with Gasteiger partial charge in [-0.05, 0) is 26.0 Å². The minimum absolute atomic E-state index is 0.000438. The molecule has 0 heterocycles. The van der Waals surface area contributed by atoms with Gasteiger partial charge in [0.05, 0.1) is 17.6 Å². The molecule has 1 aromatic carbocycles. The van der Waals surface area contributed by atoms with E-state index in [-0.39, 0.29) is 18.0 Å². The first-order valence-corrected chi connectivity index (χ1v) is 5.37. The number of nitrogens with one attached hydrogen (secondary N) is 1. The minimum Gasteiger partial charge on any atom is -0.461 e. The molecule has 0 bridgehead atoms. The molecule has 0 aliphatic carbocycles. The van der Waals surface area contributed by atoms with Crippen molar-refractivity contribution in [3.8, 4) is 0 Å². The second kappa shape index (κ2) is 6.43. The van der Waals surface area contributed by atoms with Crippen LogP contribution >= 0.6 is 0 Å². The number of carbonyl (C=O) groups is 1. The molecular formula is C11H12FN3O4. The first-order valence-electron chi connectivity index (χ1n) is 5.37. The van der Waals surface area contributed by atoms with Crippen LogP contribution in [0.4, 0.5) is 15.8 Å². The van der Waals surface area contributed by atoms with E-state index in [0.717, 1.165) is 18.2 Å². The molecule has 0 aromatic heterocycles. The summed E-state index contributed by atoms with van der Waals surface area (Å²) in [6.07, 6.45) is 0. The highest BCUT2D eigenvalue weighted by Crippen LogP contribution is 2.24. The van der Waals surface area contributed by atoms with Crippen molar-refractivity contribution in [2.75, 3.05) is 12.0 Å². The monoisotopic (exact) mass is 269 g/mol. The number of esters is 1. The third-order valence-corrected chi connectivity index (χ3v) is 2.07. The van der Waals surface area contributed by atoms with Crippen LogP contribution in [0.25, 0.3) is 0 Å². The third-order valence-electron chi connectivity index (χ3n) is 2.07. The summed E-state index contributed by atoms with van der Waals surface area (Å²) in [6, 6.07) is 2.97. The van der Waals surface area contributed by atoms with Crippen LogP contribution in [0.2, 0.25) is 0 Å². The molecule has 1 rings (SSSR count). The van der Waals surface area contributed by atoms with E-state index in [9.17, 15) is 19.3 Å². The van der Waals surface area contributed by atoms with E-state index in [4.69, 9.17) is 0 Å². The van der Waals surface area contributed by atoms with Gasteiger partial charge in [-0.1, -0.05) is 0 Å². The molecule has 0 atom stereocenters. The van der Waals surface area contributed by atoms with E-state index in [1.165, 1.54) is 6.92 Å². The van der Waals surface area contributed by atoms with E-state index in [1.54, 1.807) is 6.92 Å². The van der Waals surface area contributed by atoms with E-state index in [0.29, 0.717) is 0 Å². The molecule has 0 saturated carbocycles. The van der Waals surface area contributed by atoms with Gasteiger partial charge in [0, 0.05) is 0 Å². The van der Waals surface area contributed by atoms with Crippen molar-refractivity contribution in [1.82, 2.24) is 0 Å². The van der Waals surface area contributed by atoms with E-state index < -0.39 is 22.4 Å². The number of halogens is 1. The number of nitro benzene ring substituents is 1. The fourth-order valence-electron chi connectivity index (χ4n) is 1.18. The number of nitrogens with zero attached hydrogens (tertiary/aromatic N) is 2. The quantitative estimate of drug-likeness (QED) is 0.382. The Kier molecular flexibility index (Phi) is 4.92. The Bertz CT molecular complexity index is 531. The molecule has 0 radical (unpaired) electrons. The third kappa shape index (κ3) is 4.02. The second-order valence-corrected chi connectivity index (χ2v) is 3.45. The van der Waals surface area contributed by atoms with Crippen molar-refractivity contribution >= 4 is 23.1 Å². The lowest BCUT2D eigenvalue weighted by atomic mass is 10.2. The van der Waals surface area contributed by atoms with Gasteiger partial charge < -0.3 is 4.74 Å². The lowest BCUT2D eigenvalue weighted by Gasteiger charge is -2.04. The molecule has 1 N–H and O–H groups in total. The highest BCUT2D eigenvalue weighted by Gasteiger charge is 2.15. The fourth-order valence-corrected chi connectivity index (χ4v) is 1.18. The van der Waals surface area contributed by atoms with Crippen molar-refractivity contribution in [1.29, 1.82) is 0 Å². The number of rotatable bonds is 5. The zero-order valence-corrected chi connectivity index (χ0v) is 10.3. The molecule has 0 amide bonds. The Labute approximate surface area is 108 Å². The van der Waals surface area contributed by atoms with Crippen LogP contribution in [0.5, 0.6) is 0 Å². The van der Waals surface area contributed by atoms with Crippen LogP contribution in [0, 0.1) is 15.9 Å². The lowest BCUT2D eigenvalue weighted by molar-refractivity contribution is -0.384. The van der Waals surface area contributed by atoms with Crippen molar-refractivity contribution in [2.24, 2.45) is 5.10 Å². The Hall–Kier alpha value is -2.51. The van der Waals surface area contributed by atoms with Gasteiger partial charge in [-0.25, -0.2) is 9.18 Å². The maximum absolute atomic E-state index is 12.9. The summed E-state index contributed by atoms with van der Waals surface area (Å²) in [5, 5.41) is 14.4. The summed E-state index contributed by atoms with van der Waals surface area (Å²) in [5.74, 6) is -1.37. The molecule has 0 saturated heterocycles. The van der Waals surface area contributed by atoms with Crippen molar-refractivity contribution < 1.29 is 18.8 Å². The number of benzene rings is 1. The summed E-state index contributed by atoms with van der Waals surface area (Å²) in [6.45, 7) is 3.23. The Morgan fingerprint density at radius 1 is 1.58 bits per heavy atom. The number of hydrogen-bond donors (Lipinski definition) is 1. The SMILES string of the molecule is CCOC(=O)C(C)=NNc1ccc(F)cc1[N+](=O)[O-]. The van der Waals surface area contributed by atoms with Crippen LogP contribution in [0.3, 0.4) is 0 Å². The molecule has 1 aromatic rings. The van der Waals surface area contributed by atoms with Crippen LogP contribution < -0.4 is 5.43 Å². The highest BCUT2D eigenvalue weighted by atomic mass is 19.1. The summed E-state index contributed by atoms with van der Waals surface area (Å²) in [4.78, 5) is 21.2. The Morgan fingerprint density at radius 3 is 2.84 bits per heavy atom. The molecule has 0 unspecified atom stereocenters. The normalized spacial score (nSPS) is 11.0. The molecule has 0 aliphatic rings. The zero-order valence-electron chi connectivity index (χ0n) is 10.3. The highest BCUT2D eigenvalue weighted by molar-refractivity contribution is 6.35. The number of carbonyl (C=O) groups excluding carboxylic acids is 1. The molecule has 7 nitrogen and oxygen atoms in total. The fraction of sp³-hybridized carbons (Fsp3) is 0.273. The molecule has 0 spiro atoms. The lowest BCUT2D eigenvalue weighted by Crippen LogP contribution is -2.15. The average Bonchev–Trinajstić information content (AvgIpc) is 2.36. The van der Waals surface area contributed by atoms with E-state index in [1.807, 2.05) is 0 Å². The van der Waals surface area contributed by atoms with Gasteiger partial charge in [0.25, 0.3) is 5.69 Å². The summed E-state index contributed by atoms with van der Waals surface area (Å²) in [7, 11) is 0. The zero-order chi connectivity index (χ0) is 14.4. The Morgan fingerprint density at radius 2 is 2.26 bits per heavy atom. The Balaban J connectivity index is 2.91.